The molecule has 3 rings (SSSR count). The maximum absolute atomic E-state index is 14.0. The van der Waals surface area contributed by atoms with Gasteiger partial charge in [-0.15, -0.1) is 13.2 Å². The van der Waals surface area contributed by atoms with Gasteiger partial charge in [0.25, 0.3) is 0 Å². The molecule has 0 radical (unpaired) electrons. The number of allylic oxidation sites excluding steroid dienone is 1. The minimum Gasteiger partial charge on any atom is -0.465 e. The van der Waals surface area contributed by atoms with Gasteiger partial charge in [-0.3, -0.25) is 14.4 Å². The molecule has 35 heavy (non-hydrogen) atoms. The lowest BCUT2D eigenvalue weighted by molar-refractivity contribution is -0.155. The molecule has 3 aliphatic heterocycles. The van der Waals surface area contributed by atoms with Crippen LogP contribution in [0.2, 0.25) is 0 Å². The summed E-state index contributed by atoms with van der Waals surface area (Å²) < 4.78 is 12.0. The third kappa shape index (κ3) is 5.48. The Labute approximate surface area is 209 Å². The molecule has 3 saturated heterocycles. The first-order valence-corrected chi connectivity index (χ1v) is 13.2. The molecule has 3 aliphatic rings. The van der Waals surface area contributed by atoms with Crippen LogP contribution < -0.4 is 0 Å². The van der Waals surface area contributed by atoms with Gasteiger partial charge in [-0.2, -0.15) is 0 Å². The van der Waals surface area contributed by atoms with Crippen LogP contribution in [0.5, 0.6) is 0 Å². The van der Waals surface area contributed by atoms with E-state index in [4.69, 9.17) is 14.6 Å². The molecule has 0 aromatic carbocycles. The topological polar surface area (TPSA) is 96.4 Å². The molecule has 8 heteroatoms. The van der Waals surface area contributed by atoms with Gasteiger partial charge >= 0.3 is 5.97 Å². The van der Waals surface area contributed by atoms with E-state index in [1.54, 1.807) is 22.0 Å². The average molecular weight is 491 g/mol. The predicted octanol–water partition coefficient (Wildman–Crippen LogP) is 2.85. The molecule has 8 nitrogen and oxygen atoms in total. The Morgan fingerprint density at radius 3 is 2.71 bits per heavy atom. The summed E-state index contributed by atoms with van der Waals surface area (Å²) in [6.07, 6.45) is 9.61. The van der Waals surface area contributed by atoms with E-state index in [0.29, 0.717) is 51.7 Å². The quantitative estimate of drug-likeness (QED) is 0.203. The Balaban J connectivity index is 1.88. The van der Waals surface area contributed by atoms with Crippen molar-refractivity contribution in [2.45, 2.75) is 82.5 Å². The molecule has 5 atom stereocenters. The first-order valence-electron chi connectivity index (χ1n) is 13.2. The van der Waals surface area contributed by atoms with Gasteiger partial charge in [0.1, 0.15) is 11.6 Å². The molecular weight excluding hydrogens is 448 g/mol. The minimum absolute atomic E-state index is 0.0948. The Kier molecular flexibility index (Phi) is 9.92. The van der Waals surface area contributed by atoms with Crippen LogP contribution in [0.3, 0.4) is 0 Å². The lowest BCUT2D eigenvalue weighted by Crippen LogP contribution is -2.56. The van der Waals surface area contributed by atoms with Gasteiger partial charge in [-0.05, 0) is 51.4 Å². The van der Waals surface area contributed by atoms with E-state index < -0.39 is 35.6 Å². The molecule has 2 amide bonds. The van der Waals surface area contributed by atoms with E-state index >= 15 is 0 Å². The lowest BCUT2D eigenvalue weighted by Gasteiger charge is -2.36. The molecule has 3 fully saturated rings. The fourth-order valence-electron chi connectivity index (χ4n) is 5.98. The van der Waals surface area contributed by atoms with E-state index in [1.165, 1.54) is 0 Å². The molecule has 0 aromatic heterocycles. The monoisotopic (exact) mass is 490 g/mol. The molecule has 0 aromatic rings. The molecule has 1 N–H and O–H groups in total. The minimum atomic E-state index is -0.994. The standard InChI is InChI=1S/C27H42N2O6/c1-4-7-12-19-34-26(33)21-20-13-14-27(35-20)22(21)24(31)29(17-10-9-11-18-30)23(27)25(32)28(15-6-3)16-8-5-2/h4,6,20-23,30H,1,3,5,7-19H2,2H3/t20-,21+,22+,23?,27?/m1/s1. The number of hydrogen-bond acceptors (Lipinski definition) is 6. The number of esters is 1. The highest BCUT2D eigenvalue weighted by Crippen LogP contribution is 2.58. The van der Waals surface area contributed by atoms with Crippen molar-refractivity contribution in [1.82, 2.24) is 9.80 Å². The van der Waals surface area contributed by atoms with E-state index in [9.17, 15) is 14.4 Å². The third-order valence-corrected chi connectivity index (χ3v) is 7.60. The van der Waals surface area contributed by atoms with Crippen LogP contribution in [0.1, 0.15) is 64.7 Å². The largest absolute Gasteiger partial charge is 0.465 e. The van der Waals surface area contributed by atoms with Crippen LogP contribution in [-0.4, -0.2) is 83.3 Å². The summed E-state index contributed by atoms with van der Waals surface area (Å²) in [6.45, 7) is 11.3. The van der Waals surface area contributed by atoms with Crippen LogP contribution in [0.4, 0.5) is 0 Å². The van der Waals surface area contributed by atoms with Crippen LogP contribution in [-0.2, 0) is 23.9 Å². The van der Waals surface area contributed by atoms with Crippen molar-refractivity contribution >= 4 is 17.8 Å². The van der Waals surface area contributed by atoms with Crippen molar-refractivity contribution < 1.29 is 29.0 Å². The van der Waals surface area contributed by atoms with Crippen LogP contribution in [0.15, 0.2) is 25.3 Å². The summed E-state index contributed by atoms with van der Waals surface area (Å²) in [5, 5.41) is 9.15. The summed E-state index contributed by atoms with van der Waals surface area (Å²) in [7, 11) is 0. The van der Waals surface area contributed by atoms with Crippen LogP contribution in [0.25, 0.3) is 0 Å². The Bertz CT molecular complexity index is 786. The number of rotatable bonds is 16. The summed E-state index contributed by atoms with van der Waals surface area (Å²) >= 11 is 0. The van der Waals surface area contributed by atoms with E-state index in [1.807, 2.05) is 0 Å². The van der Waals surface area contributed by atoms with Crippen LogP contribution >= 0.6 is 0 Å². The number of aliphatic hydroxyl groups excluding tert-OH is 1. The van der Waals surface area contributed by atoms with Crippen molar-refractivity contribution in [3.8, 4) is 0 Å². The van der Waals surface area contributed by atoms with Crippen molar-refractivity contribution in [2.75, 3.05) is 32.8 Å². The number of nitrogens with zero attached hydrogens (tertiary/aromatic N) is 2. The molecule has 0 aliphatic carbocycles. The Morgan fingerprint density at radius 2 is 2.03 bits per heavy atom. The molecular formula is C27H42N2O6. The van der Waals surface area contributed by atoms with Crippen molar-refractivity contribution in [2.24, 2.45) is 11.8 Å². The summed E-state index contributed by atoms with van der Waals surface area (Å²) in [4.78, 5) is 44.3. The first-order chi connectivity index (χ1) is 17.0. The number of aliphatic hydroxyl groups is 1. The highest BCUT2D eigenvalue weighted by atomic mass is 16.6. The lowest BCUT2D eigenvalue weighted by atomic mass is 9.70. The fraction of sp³-hybridized carbons (Fsp3) is 0.741. The number of carbonyl (C=O) groups is 3. The van der Waals surface area contributed by atoms with Gasteiger partial charge in [0, 0.05) is 26.2 Å². The molecule has 2 bridgehead atoms. The maximum atomic E-state index is 14.0. The summed E-state index contributed by atoms with van der Waals surface area (Å²) in [6, 6.07) is -0.755. The zero-order chi connectivity index (χ0) is 25.4. The predicted molar refractivity (Wildman–Crippen MR) is 132 cm³/mol. The van der Waals surface area contributed by atoms with E-state index in [-0.39, 0.29) is 25.0 Å². The molecule has 0 saturated carbocycles. The number of likely N-dealkylation sites (tertiary alicyclic amines) is 1. The second kappa shape index (κ2) is 12.7. The fourth-order valence-corrected chi connectivity index (χ4v) is 5.98. The number of carbonyl (C=O) groups excluding carboxylic acids is 3. The SMILES string of the molecule is C=CCCCOC(=O)[C@@H]1[C@H]2C(=O)N(CCCCCO)C(C(=O)N(CC=C)CCCC)C23CC[C@H]1O3. The Morgan fingerprint density at radius 1 is 1.23 bits per heavy atom. The van der Waals surface area contributed by atoms with Gasteiger partial charge in [0.2, 0.25) is 11.8 Å². The Hall–Kier alpha value is -2.19. The van der Waals surface area contributed by atoms with Gasteiger partial charge in [0.05, 0.1) is 24.5 Å². The second-order valence-electron chi connectivity index (χ2n) is 9.90. The van der Waals surface area contributed by atoms with Crippen LogP contribution in [0, 0.1) is 11.8 Å². The molecule has 196 valence electrons. The number of fused-ring (bicyclic) bond motifs is 1. The molecule has 3 heterocycles. The first kappa shape index (κ1) is 27.4. The molecule has 1 spiro atoms. The third-order valence-electron chi connectivity index (χ3n) is 7.60. The number of hydrogen-bond donors (Lipinski definition) is 1. The zero-order valence-electron chi connectivity index (χ0n) is 21.2. The van der Waals surface area contributed by atoms with Gasteiger partial charge in [-0.25, -0.2) is 0 Å². The summed E-state index contributed by atoms with van der Waals surface area (Å²) in [5.74, 6) is -2.09. The normalized spacial score (nSPS) is 28.7. The number of ether oxygens (including phenoxy) is 2. The van der Waals surface area contributed by atoms with Crippen molar-refractivity contribution in [3.05, 3.63) is 25.3 Å². The number of unbranched alkanes of at least 4 members (excludes halogenated alkanes) is 4. The van der Waals surface area contributed by atoms with Gasteiger partial charge in [-0.1, -0.05) is 25.5 Å². The zero-order valence-corrected chi connectivity index (χ0v) is 21.2. The summed E-state index contributed by atoms with van der Waals surface area (Å²) in [5.41, 5.74) is -0.994. The van der Waals surface area contributed by atoms with Crippen molar-refractivity contribution in [3.63, 3.8) is 0 Å². The highest BCUT2D eigenvalue weighted by Gasteiger charge is 2.74. The van der Waals surface area contributed by atoms with Gasteiger partial charge < -0.3 is 24.4 Å². The maximum Gasteiger partial charge on any atom is 0.312 e. The number of amides is 2. The van der Waals surface area contributed by atoms with Crippen molar-refractivity contribution in [1.29, 1.82) is 0 Å². The molecule has 2 unspecified atom stereocenters. The second-order valence-corrected chi connectivity index (χ2v) is 9.90. The highest BCUT2D eigenvalue weighted by molar-refractivity contribution is 5.98. The smallest absolute Gasteiger partial charge is 0.312 e. The van der Waals surface area contributed by atoms with E-state index in [2.05, 4.69) is 20.1 Å². The average Bonchev–Trinajstić information content (AvgIpc) is 3.49. The van der Waals surface area contributed by atoms with E-state index in [0.717, 1.165) is 25.7 Å². The van der Waals surface area contributed by atoms with Gasteiger partial charge in [0.15, 0.2) is 0 Å².